The van der Waals surface area contributed by atoms with Crippen LogP contribution in [0.3, 0.4) is 0 Å². The third-order valence-electron chi connectivity index (χ3n) is 5.03. The van der Waals surface area contributed by atoms with Crippen LogP contribution in [-0.4, -0.2) is 31.2 Å². The monoisotopic (exact) mass is 526 g/mol. The van der Waals surface area contributed by atoms with E-state index < -0.39 is 0 Å². The first-order valence-electron chi connectivity index (χ1n) is 10.1. The van der Waals surface area contributed by atoms with Gasteiger partial charge in [0.25, 0.3) is 0 Å². The van der Waals surface area contributed by atoms with Gasteiger partial charge in [-0.2, -0.15) is 0 Å². The lowest BCUT2D eigenvalue weighted by Gasteiger charge is -2.16. The summed E-state index contributed by atoms with van der Waals surface area (Å²) in [6.07, 6.45) is 9.21. The smallest absolute Gasteiger partial charge is 0.219 e. The van der Waals surface area contributed by atoms with Gasteiger partial charge in [0, 0.05) is 18.3 Å². The Morgan fingerprint density at radius 1 is 1.07 bits per heavy atom. The molecule has 8 heteroatoms. The normalized spacial score (nSPS) is 14.9. The highest BCUT2D eigenvalue weighted by Gasteiger charge is 2.14. The molecule has 1 aromatic heterocycles. The van der Waals surface area contributed by atoms with E-state index in [1.807, 2.05) is 24.3 Å². The van der Waals surface area contributed by atoms with Gasteiger partial charge in [-0.3, -0.25) is 0 Å². The fourth-order valence-electron chi connectivity index (χ4n) is 3.44. The summed E-state index contributed by atoms with van der Waals surface area (Å²) >= 11 is 0. The maximum atomic E-state index is 6.07. The van der Waals surface area contributed by atoms with E-state index in [-0.39, 0.29) is 24.0 Å². The molecule has 0 spiro atoms. The summed E-state index contributed by atoms with van der Waals surface area (Å²) in [4.78, 5) is 8.82. The van der Waals surface area contributed by atoms with Gasteiger partial charge in [0.2, 0.25) is 11.6 Å². The summed E-state index contributed by atoms with van der Waals surface area (Å²) in [6.45, 7) is 0.469. The maximum Gasteiger partial charge on any atom is 0.219 e. The number of methoxy groups -OCH3 is 2. The molecular weight excluding hydrogens is 495 g/mol. The fourth-order valence-corrected chi connectivity index (χ4v) is 3.44. The number of benzene rings is 1. The molecule has 3 N–H and O–H groups in total. The average Bonchev–Trinajstić information content (AvgIpc) is 3.02. The number of nitrogens with two attached hydrogens (primary N) is 1. The van der Waals surface area contributed by atoms with E-state index in [0.29, 0.717) is 41.7 Å². The van der Waals surface area contributed by atoms with Crippen molar-refractivity contribution in [3.63, 3.8) is 0 Å². The molecular formula is C22H31IN4O3. The fraction of sp³-hybridized carbons (Fsp3) is 0.455. The van der Waals surface area contributed by atoms with Gasteiger partial charge in [-0.1, -0.05) is 37.8 Å². The van der Waals surface area contributed by atoms with E-state index in [4.69, 9.17) is 19.9 Å². The molecule has 1 heterocycles. The van der Waals surface area contributed by atoms with Crippen molar-refractivity contribution in [1.29, 1.82) is 0 Å². The van der Waals surface area contributed by atoms with Gasteiger partial charge in [-0.25, -0.2) is 9.98 Å². The number of aliphatic imine (C=N–C) groups is 1. The molecule has 1 fully saturated rings. The Morgan fingerprint density at radius 2 is 1.73 bits per heavy atom. The molecule has 2 aromatic rings. The number of nitrogens with one attached hydrogen (secondary N) is 1. The van der Waals surface area contributed by atoms with E-state index >= 15 is 0 Å². The zero-order valence-corrected chi connectivity index (χ0v) is 19.9. The molecule has 1 aliphatic carbocycles. The standard InChI is InChI=1S/C22H30N4O3.HI/c1-27-18-10-7-11-19(28-2)21(18)29-20-13-12-16(14-24-20)15-25-22(23)26-17-8-5-3-4-6-9-17;/h7,10-14,17H,3-6,8-9,15H2,1-2H3,(H3,23,25,26);1H. The van der Waals surface area contributed by atoms with E-state index in [1.165, 1.54) is 25.7 Å². The largest absolute Gasteiger partial charge is 0.493 e. The Hall–Kier alpha value is -2.23. The molecule has 7 nitrogen and oxygen atoms in total. The van der Waals surface area contributed by atoms with E-state index in [0.717, 1.165) is 18.4 Å². The first-order valence-corrected chi connectivity index (χ1v) is 10.1. The summed E-state index contributed by atoms with van der Waals surface area (Å²) in [6, 6.07) is 9.62. The number of nitrogens with zero attached hydrogens (tertiary/aromatic N) is 2. The van der Waals surface area contributed by atoms with Crippen LogP contribution in [0.1, 0.15) is 44.1 Å². The lowest BCUT2D eigenvalue weighted by atomic mass is 10.1. The molecule has 0 bridgehead atoms. The third kappa shape index (κ3) is 6.93. The number of para-hydroxylation sites is 1. The SMILES string of the molecule is COc1cccc(OC)c1Oc1ccc(CN=C(N)NC2CCCCCC2)cn1.I. The number of guanidine groups is 1. The topological polar surface area (TPSA) is 91.0 Å². The van der Waals surface area contributed by atoms with E-state index in [1.54, 1.807) is 26.5 Å². The number of rotatable bonds is 7. The maximum absolute atomic E-state index is 6.07. The minimum Gasteiger partial charge on any atom is -0.493 e. The predicted molar refractivity (Wildman–Crippen MR) is 129 cm³/mol. The summed E-state index contributed by atoms with van der Waals surface area (Å²) in [5.74, 6) is 2.60. The van der Waals surface area contributed by atoms with Gasteiger partial charge in [-0.05, 0) is 30.5 Å². The summed E-state index contributed by atoms with van der Waals surface area (Å²) in [5.41, 5.74) is 7.02. The van der Waals surface area contributed by atoms with Crippen LogP contribution in [0, 0.1) is 0 Å². The molecule has 1 saturated carbocycles. The molecule has 0 unspecified atom stereocenters. The Morgan fingerprint density at radius 3 is 2.30 bits per heavy atom. The van der Waals surface area contributed by atoms with Crippen molar-refractivity contribution in [2.45, 2.75) is 51.1 Å². The number of hydrogen-bond acceptors (Lipinski definition) is 5. The number of pyridine rings is 1. The Kier molecular flexibility index (Phi) is 9.99. The predicted octanol–water partition coefficient (Wildman–Crippen LogP) is 4.64. The van der Waals surface area contributed by atoms with Crippen LogP contribution >= 0.6 is 24.0 Å². The van der Waals surface area contributed by atoms with Gasteiger partial charge in [0.15, 0.2) is 17.5 Å². The second-order valence-electron chi connectivity index (χ2n) is 7.13. The van der Waals surface area contributed by atoms with Gasteiger partial charge in [0.05, 0.1) is 20.8 Å². The zero-order valence-electron chi connectivity index (χ0n) is 17.6. The van der Waals surface area contributed by atoms with Gasteiger partial charge >= 0.3 is 0 Å². The van der Waals surface area contributed by atoms with Crippen LogP contribution in [0.2, 0.25) is 0 Å². The molecule has 0 radical (unpaired) electrons. The van der Waals surface area contributed by atoms with E-state index in [2.05, 4.69) is 15.3 Å². The lowest BCUT2D eigenvalue weighted by molar-refractivity contribution is 0.342. The van der Waals surface area contributed by atoms with Crippen LogP contribution in [-0.2, 0) is 6.54 Å². The zero-order chi connectivity index (χ0) is 20.5. The highest BCUT2D eigenvalue weighted by Crippen LogP contribution is 2.39. The first kappa shape index (κ1) is 24.0. The summed E-state index contributed by atoms with van der Waals surface area (Å²) in [7, 11) is 3.17. The highest BCUT2D eigenvalue weighted by molar-refractivity contribution is 14.0. The molecule has 1 aromatic carbocycles. The van der Waals surface area contributed by atoms with Gasteiger partial charge in [0.1, 0.15) is 0 Å². The van der Waals surface area contributed by atoms with Crippen molar-refractivity contribution in [3.05, 3.63) is 42.1 Å². The molecule has 164 valence electrons. The lowest BCUT2D eigenvalue weighted by Crippen LogP contribution is -2.39. The Bertz CT molecular complexity index is 784. The second kappa shape index (κ2) is 12.5. The van der Waals surface area contributed by atoms with Crippen LogP contribution in [0.25, 0.3) is 0 Å². The molecule has 30 heavy (non-hydrogen) atoms. The molecule has 3 rings (SSSR count). The van der Waals surface area contributed by atoms with Crippen LogP contribution in [0.4, 0.5) is 0 Å². The van der Waals surface area contributed by atoms with Gasteiger partial charge < -0.3 is 25.3 Å². The van der Waals surface area contributed by atoms with Crippen molar-refractivity contribution in [3.8, 4) is 23.1 Å². The van der Waals surface area contributed by atoms with Crippen molar-refractivity contribution >= 4 is 29.9 Å². The molecule has 0 amide bonds. The number of aromatic nitrogens is 1. The van der Waals surface area contributed by atoms with Crippen molar-refractivity contribution < 1.29 is 14.2 Å². The highest BCUT2D eigenvalue weighted by atomic mass is 127. The van der Waals surface area contributed by atoms with Crippen LogP contribution in [0.5, 0.6) is 23.1 Å². The number of hydrogen-bond donors (Lipinski definition) is 2. The number of halogens is 1. The molecule has 1 aliphatic rings. The second-order valence-corrected chi connectivity index (χ2v) is 7.13. The Balaban J connectivity index is 0.00000320. The summed E-state index contributed by atoms with van der Waals surface area (Å²) in [5, 5.41) is 3.35. The van der Waals surface area contributed by atoms with Crippen molar-refractivity contribution in [2.75, 3.05) is 14.2 Å². The minimum atomic E-state index is 0. The molecule has 0 saturated heterocycles. The van der Waals surface area contributed by atoms with Crippen molar-refractivity contribution in [2.24, 2.45) is 10.7 Å². The Labute approximate surface area is 195 Å². The quantitative estimate of drug-likeness (QED) is 0.237. The molecule has 0 atom stereocenters. The van der Waals surface area contributed by atoms with Gasteiger partial charge in [-0.15, -0.1) is 24.0 Å². The summed E-state index contributed by atoms with van der Waals surface area (Å²) < 4.78 is 16.6. The average molecular weight is 526 g/mol. The third-order valence-corrected chi connectivity index (χ3v) is 5.03. The first-order chi connectivity index (χ1) is 14.2. The minimum absolute atomic E-state index is 0. The number of ether oxygens (including phenoxy) is 3. The van der Waals surface area contributed by atoms with Crippen LogP contribution in [0.15, 0.2) is 41.5 Å². The molecule has 0 aliphatic heterocycles. The van der Waals surface area contributed by atoms with E-state index in [9.17, 15) is 0 Å². The van der Waals surface area contributed by atoms with Crippen molar-refractivity contribution in [1.82, 2.24) is 10.3 Å². The van der Waals surface area contributed by atoms with Crippen LogP contribution < -0.4 is 25.3 Å².